The summed E-state index contributed by atoms with van der Waals surface area (Å²) in [7, 11) is 2.86. The van der Waals surface area contributed by atoms with E-state index in [2.05, 4.69) is 5.16 Å². The fourth-order valence-corrected chi connectivity index (χ4v) is 2.18. The molecule has 0 atom stereocenters. The largest absolute Gasteiger partial charge is 0.589 e. The van der Waals surface area contributed by atoms with E-state index in [0.29, 0.717) is 12.3 Å². The molecular weight excluding hydrogens is 294 g/mol. The van der Waals surface area contributed by atoms with Crippen LogP contribution in [0.4, 0.5) is 0 Å². The molecule has 0 spiro atoms. The van der Waals surface area contributed by atoms with Crippen molar-refractivity contribution >= 4 is 11.7 Å². The van der Waals surface area contributed by atoms with Crippen molar-refractivity contribution < 1.29 is 24.3 Å². The van der Waals surface area contributed by atoms with Crippen LogP contribution in [-0.4, -0.2) is 30.7 Å². The van der Waals surface area contributed by atoms with Crippen LogP contribution in [0.2, 0.25) is 0 Å². The van der Waals surface area contributed by atoms with E-state index >= 15 is 0 Å². The number of hydrogen-bond acceptors (Lipinski definition) is 3. The molecule has 5 heteroatoms. The van der Waals surface area contributed by atoms with Crippen molar-refractivity contribution in [1.82, 2.24) is 0 Å². The Morgan fingerprint density at radius 1 is 1.04 bits per heavy atom. The molecule has 2 N–H and O–H groups in total. The lowest BCUT2D eigenvalue weighted by atomic mass is 10.0. The lowest BCUT2D eigenvalue weighted by Gasteiger charge is -2.10. The van der Waals surface area contributed by atoms with E-state index < -0.39 is 0 Å². The van der Waals surface area contributed by atoms with Gasteiger partial charge in [-0.1, -0.05) is 36.4 Å². The van der Waals surface area contributed by atoms with Gasteiger partial charge in [-0.2, -0.15) is 0 Å². The van der Waals surface area contributed by atoms with E-state index in [0.717, 1.165) is 22.4 Å². The molecule has 23 heavy (non-hydrogen) atoms. The molecule has 0 amide bonds. The molecule has 2 aromatic rings. The molecule has 0 saturated heterocycles. The zero-order valence-corrected chi connectivity index (χ0v) is 13.5. The van der Waals surface area contributed by atoms with Crippen LogP contribution in [0.15, 0.2) is 48.5 Å². The Kier molecular flexibility index (Phi) is 5.74. The first-order valence-corrected chi connectivity index (χ1v) is 7.20. The van der Waals surface area contributed by atoms with Crippen molar-refractivity contribution in [2.45, 2.75) is 13.5 Å². The van der Waals surface area contributed by atoms with Crippen molar-refractivity contribution in [3.8, 4) is 5.75 Å². The molecule has 0 aliphatic heterocycles. The normalized spacial score (nSPS) is 11.0. The molecule has 0 aromatic heterocycles. The highest BCUT2D eigenvalue weighted by atomic mass is 16.6. The number of ether oxygens (including phenoxy) is 2. The fraction of sp³-hybridized carbons (Fsp3) is 0.222. The first-order valence-electron chi connectivity index (χ1n) is 7.20. The molecule has 5 nitrogen and oxygen atoms in total. The lowest BCUT2D eigenvalue weighted by molar-refractivity contribution is -0.743. The molecule has 0 aliphatic carbocycles. The number of rotatable bonds is 6. The first kappa shape index (κ1) is 16.5. The molecule has 0 fully saturated rings. The van der Waals surface area contributed by atoms with Gasteiger partial charge in [-0.25, -0.2) is 0 Å². The smallest absolute Gasteiger partial charge is 0.489 e. The van der Waals surface area contributed by atoms with Crippen molar-refractivity contribution in [2.24, 2.45) is 0 Å². The number of para-hydroxylation sites is 1. The van der Waals surface area contributed by atoms with Gasteiger partial charge >= 0.3 is 11.7 Å². The second-order valence-electron chi connectivity index (χ2n) is 4.90. The van der Waals surface area contributed by atoms with Crippen molar-refractivity contribution in [2.75, 3.05) is 14.2 Å². The number of hydrogen-bond donors (Lipinski definition) is 1. The minimum atomic E-state index is -0.254. The summed E-state index contributed by atoms with van der Waals surface area (Å²) in [5.41, 5.74) is 3.04. The van der Waals surface area contributed by atoms with Crippen molar-refractivity contribution in [3.63, 3.8) is 0 Å². The van der Waals surface area contributed by atoms with Crippen LogP contribution in [0.25, 0.3) is 0 Å². The average molecular weight is 315 g/mol. The van der Waals surface area contributed by atoms with Gasteiger partial charge in [0.2, 0.25) is 0 Å². The van der Waals surface area contributed by atoms with Crippen LogP contribution < -0.4 is 9.89 Å². The number of benzene rings is 2. The fourth-order valence-electron chi connectivity index (χ4n) is 2.18. The Hall–Kier alpha value is -2.82. The predicted octanol–water partition coefficient (Wildman–Crippen LogP) is 1.15. The molecule has 2 rings (SSSR count). The number of nitrogens with one attached hydrogen (secondary N) is 1. The Morgan fingerprint density at radius 3 is 2.43 bits per heavy atom. The molecule has 0 saturated carbocycles. The first-order chi connectivity index (χ1) is 11.2. The van der Waals surface area contributed by atoms with Crippen LogP contribution in [0.1, 0.15) is 16.7 Å². The zero-order chi connectivity index (χ0) is 16.7. The minimum absolute atomic E-state index is 0.254. The van der Waals surface area contributed by atoms with Gasteiger partial charge < -0.3 is 14.3 Å². The van der Waals surface area contributed by atoms with Gasteiger partial charge in [0.15, 0.2) is 7.11 Å². The molecule has 0 radical (unpaired) electrons. The second-order valence-corrected chi connectivity index (χ2v) is 4.90. The predicted molar refractivity (Wildman–Crippen MR) is 88.0 cm³/mol. The molecular formula is C18H21NO4+2. The van der Waals surface area contributed by atoms with Gasteiger partial charge in [0.25, 0.3) is 0 Å². The summed E-state index contributed by atoms with van der Waals surface area (Å²) in [5, 5.41) is 2.65. The number of esters is 1. The molecule has 120 valence electrons. The highest BCUT2D eigenvalue weighted by Crippen LogP contribution is 2.19. The number of aryl methyl sites for hydroxylation is 1. The maximum absolute atomic E-state index is 9.93. The maximum Gasteiger partial charge on any atom is 0.589 e. The zero-order valence-electron chi connectivity index (χ0n) is 13.5. The third kappa shape index (κ3) is 4.10. The summed E-state index contributed by atoms with van der Waals surface area (Å²) in [4.78, 5) is 14.9. The highest BCUT2D eigenvalue weighted by Gasteiger charge is 2.32. The average Bonchev–Trinajstić information content (AvgIpc) is 2.59. The van der Waals surface area contributed by atoms with Gasteiger partial charge in [-0.15, -0.1) is 0 Å². The standard InChI is InChI=1S/C18H19NO4/c1-13-8-4-7-11-16(13)23-12-14-9-5-6-10-15(14)17(19-22-3)18(20)21-2/h4-11H,12H2,1-3H3/p+2/b19-17+. The summed E-state index contributed by atoms with van der Waals surface area (Å²) in [5.74, 6) is 0.568. The van der Waals surface area contributed by atoms with E-state index in [9.17, 15) is 4.79 Å². The van der Waals surface area contributed by atoms with Gasteiger partial charge in [-0.3, -0.25) is 4.84 Å². The topological polar surface area (TPSA) is 63.1 Å². The summed E-state index contributed by atoms with van der Waals surface area (Å²) >= 11 is 0. The molecule has 0 heterocycles. The molecule has 2 aromatic carbocycles. The van der Waals surface area contributed by atoms with Gasteiger partial charge in [0.1, 0.15) is 19.5 Å². The van der Waals surface area contributed by atoms with Crippen LogP contribution in [-0.2, 0) is 16.2 Å². The highest BCUT2D eigenvalue weighted by molar-refractivity contribution is 6.41. The van der Waals surface area contributed by atoms with Crippen molar-refractivity contribution in [1.29, 1.82) is 0 Å². The minimum Gasteiger partial charge on any atom is -0.489 e. The number of carbonyl (C=O) groups excluding carboxylic acids is 1. The molecule has 0 aliphatic rings. The quantitative estimate of drug-likeness (QED) is 0.376. The van der Waals surface area contributed by atoms with Gasteiger partial charge in [-0.05, 0) is 29.8 Å². The van der Waals surface area contributed by atoms with E-state index in [1.807, 2.05) is 55.5 Å². The van der Waals surface area contributed by atoms with E-state index in [-0.39, 0.29) is 5.97 Å². The van der Waals surface area contributed by atoms with Gasteiger partial charge in [0, 0.05) is 5.56 Å². The second kappa shape index (κ2) is 7.98. The van der Waals surface area contributed by atoms with Crippen LogP contribution in [0, 0.1) is 6.92 Å². The van der Waals surface area contributed by atoms with Crippen molar-refractivity contribution in [3.05, 3.63) is 65.2 Å². The third-order valence-corrected chi connectivity index (χ3v) is 3.37. The molecule has 0 bridgehead atoms. The lowest BCUT2D eigenvalue weighted by Crippen LogP contribution is -2.73. The summed E-state index contributed by atoms with van der Waals surface area (Å²) in [6.07, 6.45) is 0. The van der Waals surface area contributed by atoms with Gasteiger partial charge in [0.05, 0.1) is 5.56 Å². The van der Waals surface area contributed by atoms with Crippen LogP contribution in [0.3, 0.4) is 0 Å². The monoisotopic (exact) mass is 315 g/mol. The Bertz CT molecular complexity index is 710. The summed E-state index contributed by atoms with van der Waals surface area (Å²) < 4.78 is 10.8. The Labute approximate surface area is 135 Å². The molecule has 0 unspecified atom stereocenters. The Balaban J connectivity index is 2.28. The Morgan fingerprint density at radius 2 is 1.74 bits per heavy atom. The SMILES string of the molecule is CO/[NH+]=C(/C(=[OH+])OC)c1ccccc1COc1ccccc1C. The van der Waals surface area contributed by atoms with Crippen LogP contribution >= 0.6 is 0 Å². The van der Waals surface area contributed by atoms with E-state index in [1.165, 1.54) is 14.2 Å². The third-order valence-electron chi connectivity index (χ3n) is 3.37. The van der Waals surface area contributed by atoms with E-state index in [4.69, 9.17) is 14.3 Å². The maximum atomic E-state index is 9.93. The van der Waals surface area contributed by atoms with Crippen LogP contribution in [0.5, 0.6) is 5.75 Å². The van der Waals surface area contributed by atoms with E-state index in [1.54, 1.807) is 0 Å². The summed E-state index contributed by atoms with van der Waals surface area (Å²) in [6, 6.07) is 15.4. The number of methoxy groups -OCH3 is 1. The summed E-state index contributed by atoms with van der Waals surface area (Å²) in [6.45, 7) is 2.35.